The molecule has 0 aliphatic heterocycles. The first-order valence-corrected chi connectivity index (χ1v) is 5.63. The fourth-order valence-electron chi connectivity index (χ4n) is 1.22. The molecule has 0 saturated heterocycles. The van der Waals surface area contributed by atoms with Crippen LogP contribution in [0.5, 0.6) is 0 Å². The molecule has 18 heavy (non-hydrogen) atoms. The lowest BCUT2D eigenvalue weighted by molar-refractivity contribution is 0.881. The monoisotopic (exact) mass is 278 g/mol. The van der Waals surface area contributed by atoms with Crippen molar-refractivity contribution in [1.29, 1.82) is 5.26 Å². The van der Waals surface area contributed by atoms with Gasteiger partial charge < -0.3 is 5.32 Å². The summed E-state index contributed by atoms with van der Waals surface area (Å²) in [5.41, 5.74) is 0.843. The number of tetrazole rings is 1. The first-order valence-electron chi connectivity index (χ1n) is 4.80. The van der Waals surface area contributed by atoms with Gasteiger partial charge in [-0.15, -0.1) is 22.8 Å². The number of aromatic nitrogens is 4. The predicted octanol–water partition coefficient (Wildman–Crippen LogP) is 2.12. The predicted molar refractivity (Wildman–Crippen MR) is 70.1 cm³/mol. The lowest BCUT2D eigenvalue weighted by Crippen LogP contribution is -1.94. The van der Waals surface area contributed by atoms with Gasteiger partial charge in [0, 0.05) is 11.1 Å². The summed E-state index contributed by atoms with van der Waals surface area (Å²) in [6.45, 7) is 0. The smallest absolute Gasteiger partial charge is 0.216 e. The van der Waals surface area contributed by atoms with Gasteiger partial charge in [0.05, 0.1) is 10.7 Å². The van der Waals surface area contributed by atoms with Gasteiger partial charge in [-0.1, -0.05) is 17.7 Å². The van der Waals surface area contributed by atoms with Crippen molar-refractivity contribution in [2.75, 3.05) is 5.32 Å². The molecule has 2 N–H and O–H groups in total. The summed E-state index contributed by atoms with van der Waals surface area (Å²) in [4.78, 5) is 0.671. The van der Waals surface area contributed by atoms with Gasteiger partial charge in [-0.3, -0.25) is 0 Å². The summed E-state index contributed by atoms with van der Waals surface area (Å²) >= 11 is 10.3. The number of nitrogens with one attached hydrogen (secondary N) is 2. The van der Waals surface area contributed by atoms with Crippen LogP contribution in [0.25, 0.3) is 5.57 Å². The third-order valence-corrected chi connectivity index (χ3v) is 2.75. The number of hydrogen-bond donors (Lipinski definition) is 3. The molecular formula is C10H7ClN6S. The molecule has 1 aromatic carbocycles. The Kier molecular flexibility index (Phi) is 3.82. The third-order valence-electron chi connectivity index (χ3n) is 2.06. The summed E-state index contributed by atoms with van der Waals surface area (Å²) in [6, 6.07) is 7.24. The van der Waals surface area contributed by atoms with E-state index in [0.717, 1.165) is 0 Å². The van der Waals surface area contributed by atoms with Crippen molar-refractivity contribution in [2.45, 2.75) is 4.90 Å². The highest BCUT2D eigenvalue weighted by molar-refractivity contribution is 7.80. The van der Waals surface area contributed by atoms with Gasteiger partial charge in [0.1, 0.15) is 11.6 Å². The molecule has 0 radical (unpaired) electrons. The highest BCUT2D eigenvalue weighted by atomic mass is 35.5. The first-order chi connectivity index (χ1) is 8.72. The van der Waals surface area contributed by atoms with Crippen molar-refractivity contribution in [2.24, 2.45) is 0 Å². The van der Waals surface area contributed by atoms with Crippen molar-refractivity contribution < 1.29 is 0 Å². The minimum atomic E-state index is 0.206. The number of para-hydroxylation sites is 1. The van der Waals surface area contributed by atoms with Crippen LogP contribution < -0.4 is 5.32 Å². The van der Waals surface area contributed by atoms with E-state index in [-0.39, 0.29) is 11.4 Å². The summed E-state index contributed by atoms with van der Waals surface area (Å²) in [6.07, 6.45) is 1.45. The zero-order chi connectivity index (χ0) is 13.0. The van der Waals surface area contributed by atoms with E-state index in [1.165, 1.54) is 6.20 Å². The molecule has 0 aliphatic carbocycles. The van der Waals surface area contributed by atoms with E-state index in [9.17, 15) is 0 Å². The summed E-state index contributed by atoms with van der Waals surface area (Å²) in [5, 5.41) is 25.5. The second kappa shape index (κ2) is 5.53. The topological polar surface area (TPSA) is 90.3 Å². The number of hydrogen-bond acceptors (Lipinski definition) is 6. The lowest BCUT2D eigenvalue weighted by Gasteiger charge is -2.06. The average molecular weight is 279 g/mol. The van der Waals surface area contributed by atoms with Crippen LogP contribution in [0.2, 0.25) is 5.02 Å². The summed E-state index contributed by atoms with van der Waals surface area (Å²) in [7, 11) is 0. The Morgan fingerprint density at radius 3 is 3.00 bits per heavy atom. The number of thiol groups is 1. The molecule has 1 heterocycles. The number of aromatic amines is 1. The molecule has 0 amide bonds. The van der Waals surface area contributed by atoms with Crippen LogP contribution in [0.3, 0.4) is 0 Å². The number of benzene rings is 1. The maximum Gasteiger partial charge on any atom is 0.216 e. The van der Waals surface area contributed by atoms with Crippen LogP contribution in [0.4, 0.5) is 5.69 Å². The molecular weight excluding hydrogens is 272 g/mol. The van der Waals surface area contributed by atoms with Crippen LogP contribution in [0.15, 0.2) is 29.3 Å². The number of allylic oxidation sites excluding steroid dienone is 1. The molecule has 0 unspecified atom stereocenters. The Balaban J connectivity index is 2.27. The van der Waals surface area contributed by atoms with Crippen molar-refractivity contribution in [3.05, 3.63) is 35.2 Å². The molecule has 90 valence electrons. The van der Waals surface area contributed by atoms with Gasteiger partial charge >= 0.3 is 0 Å². The second-order valence-electron chi connectivity index (χ2n) is 3.18. The minimum Gasteiger partial charge on any atom is -0.358 e. The van der Waals surface area contributed by atoms with Crippen molar-refractivity contribution in [1.82, 2.24) is 20.6 Å². The van der Waals surface area contributed by atoms with Crippen LogP contribution >= 0.6 is 24.2 Å². The number of halogens is 1. The van der Waals surface area contributed by atoms with Gasteiger partial charge in [0.2, 0.25) is 5.82 Å². The van der Waals surface area contributed by atoms with Crippen LogP contribution in [0, 0.1) is 11.3 Å². The summed E-state index contributed by atoms with van der Waals surface area (Å²) < 4.78 is 0. The molecule has 0 aliphatic rings. The van der Waals surface area contributed by atoms with Gasteiger partial charge in [-0.2, -0.15) is 10.5 Å². The van der Waals surface area contributed by atoms with E-state index < -0.39 is 0 Å². The normalized spacial score (nSPS) is 11.1. The zero-order valence-electron chi connectivity index (χ0n) is 8.92. The van der Waals surface area contributed by atoms with Gasteiger partial charge in [-0.05, 0) is 17.3 Å². The number of nitriles is 1. The van der Waals surface area contributed by atoms with Crippen molar-refractivity contribution >= 4 is 35.5 Å². The molecule has 2 rings (SSSR count). The maximum absolute atomic E-state index is 8.98. The number of nitrogens with zero attached hydrogens (tertiary/aromatic N) is 4. The number of H-pyrrole nitrogens is 1. The first kappa shape index (κ1) is 12.4. The number of rotatable bonds is 3. The Labute approximate surface area is 113 Å². The average Bonchev–Trinajstić information content (AvgIpc) is 2.87. The Hall–Kier alpha value is -2.04. The third kappa shape index (κ3) is 2.61. The highest BCUT2D eigenvalue weighted by Crippen LogP contribution is 2.28. The Bertz CT molecular complexity index is 596. The van der Waals surface area contributed by atoms with Crippen LogP contribution in [0.1, 0.15) is 5.82 Å². The molecule has 0 fully saturated rings. The van der Waals surface area contributed by atoms with E-state index in [4.69, 9.17) is 16.9 Å². The van der Waals surface area contributed by atoms with E-state index in [1.54, 1.807) is 18.2 Å². The molecule has 1 aromatic heterocycles. The van der Waals surface area contributed by atoms with Crippen LogP contribution in [-0.4, -0.2) is 20.6 Å². The highest BCUT2D eigenvalue weighted by Gasteiger charge is 2.07. The van der Waals surface area contributed by atoms with E-state index in [2.05, 4.69) is 38.6 Å². The molecule has 0 atom stereocenters. The van der Waals surface area contributed by atoms with Gasteiger partial charge in [0.15, 0.2) is 0 Å². The molecule has 0 saturated carbocycles. The molecule has 2 aromatic rings. The standard InChI is InChI=1S/C10H7ClN6S/c11-7-2-1-3-8(18)9(7)13-5-6(4-12)10-14-16-17-15-10/h1-3,5,13,18H,(H,14,15,16,17). The quantitative estimate of drug-likeness (QED) is 0.591. The maximum atomic E-state index is 8.98. The van der Waals surface area contributed by atoms with E-state index in [1.807, 2.05) is 6.07 Å². The largest absolute Gasteiger partial charge is 0.358 e. The SMILES string of the molecule is N#CC(=CNc1c(S)cccc1Cl)c1nn[nH]n1. The van der Waals surface area contributed by atoms with Crippen molar-refractivity contribution in [3.8, 4) is 6.07 Å². The van der Waals surface area contributed by atoms with Gasteiger partial charge in [0.25, 0.3) is 0 Å². The number of anilines is 1. The van der Waals surface area contributed by atoms with Crippen LogP contribution in [-0.2, 0) is 0 Å². The van der Waals surface area contributed by atoms with Crippen molar-refractivity contribution in [3.63, 3.8) is 0 Å². The minimum absolute atomic E-state index is 0.206. The fourth-order valence-corrected chi connectivity index (χ4v) is 1.79. The zero-order valence-corrected chi connectivity index (χ0v) is 10.6. The lowest BCUT2D eigenvalue weighted by atomic mass is 10.3. The Morgan fingerprint density at radius 2 is 2.39 bits per heavy atom. The van der Waals surface area contributed by atoms with Gasteiger partial charge in [-0.25, -0.2) is 0 Å². The summed E-state index contributed by atoms with van der Waals surface area (Å²) in [5.74, 6) is 0.206. The van der Waals surface area contributed by atoms with E-state index in [0.29, 0.717) is 15.6 Å². The molecule has 6 nitrogen and oxygen atoms in total. The molecule has 8 heteroatoms. The van der Waals surface area contributed by atoms with E-state index >= 15 is 0 Å². The Morgan fingerprint density at radius 1 is 1.56 bits per heavy atom. The fraction of sp³-hybridized carbons (Fsp3) is 0. The molecule has 0 bridgehead atoms. The molecule has 0 spiro atoms. The second-order valence-corrected chi connectivity index (χ2v) is 4.07.